The number of likely N-dealkylation sites (tertiary alicyclic amines) is 1. The Balaban J connectivity index is 2.14. The third kappa shape index (κ3) is 2.49. The number of amides is 1. The number of nitrogens with two attached hydrogens (primary N) is 1. The SMILES string of the molecule is COC1CC=CC=C1C(C)N1CCCC1C(N)=O. The molecule has 0 aromatic carbocycles. The fourth-order valence-corrected chi connectivity index (χ4v) is 3.01. The van der Waals surface area contributed by atoms with Gasteiger partial charge in [-0.15, -0.1) is 0 Å². The number of methoxy groups -OCH3 is 1. The van der Waals surface area contributed by atoms with Gasteiger partial charge in [-0.1, -0.05) is 18.2 Å². The molecular formula is C14H22N2O2. The topological polar surface area (TPSA) is 55.6 Å². The first-order valence-corrected chi connectivity index (χ1v) is 6.59. The molecule has 3 unspecified atom stereocenters. The Morgan fingerprint density at radius 1 is 1.61 bits per heavy atom. The number of primary amides is 1. The second kappa shape index (κ2) is 5.67. The smallest absolute Gasteiger partial charge is 0.234 e. The van der Waals surface area contributed by atoms with E-state index in [-0.39, 0.29) is 24.1 Å². The van der Waals surface area contributed by atoms with Crippen LogP contribution in [-0.2, 0) is 9.53 Å². The van der Waals surface area contributed by atoms with E-state index < -0.39 is 0 Å². The summed E-state index contributed by atoms with van der Waals surface area (Å²) in [5, 5.41) is 0. The molecule has 1 aliphatic carbocycles. The Bertz CT molecular complexity index is 376. The molecule has 2 N–H and O–H groups in total. The van der Waals surface area contributed by atoms with Crippen LogP contribution < -0.4 is 5.73 Å². The van der Waals surface area contributed by atoms with E-state index in [1.807, 2.05) is 0 Å². The van der Waals surface area contributed by atoms with E-state index in [0.29, 0.717) is 0 Å². The molecule has 0 saturated carbocycles. The molecule has 0 spiro atoms. The van der Waals surface area contributed by atoms with Gasteiger partial charge in [0.15, 0.2) is 0 Å². The van der Waals surface area contributed by atoms with Gasteiger partial charge < -0.3 is 10.5 Å². The molecule has 0 aromatic rings. The lowest BCUT2D eigenvalue weighted by Crippen LogP contribution is -2.47. The Hall–Kier alpha value is -1.13. The highest BCUT2D eigenvalue weighted by Gasteiger charge is 2.35. The average molecular weight is 250 g/mol. The first-order valence-electron chi connectivity index (χ1n) is 6.59. The molecule has 3 atom stereocenters. The number of rotatable bonds is 4. The monoisotopic (exact) mass is 250 g/mol. The van der Waals surface area contributed by atoms with Gasteiger partial charge in [-0.2, -0.15) is 0 Å². The average Bonchev–Trinajstić information content (AvgIpc) is 2.87. The summed E-state index contributed by atoms with van der Waals surface area (Å²) >= 11 is 0. The standard InChI is InChI=1S/C14H22N2O2/c1-10(11-6-3-4-8-13(11)18-2)16-9-5-7-12(16)14(15)17/h3-4,6,10,12-13H,5,7-9H2,1-2H3,(H2,15,17). The highest BCUT2D eigenvalue weighted by molar-refractivity contribution is 5.80. The van der Waals surface area contributed by atoms with Crippen molar-refractivity contribution in [3.8, 4) is 0 Å². The van der Waals surface area contributed by atoms with E-state index in [9.17, 15) is 4.79 Å². The van der Waals surface area contributed by atoms with Crippen LogP contribution in [0.1, 0.15) is 26.2 Å². The van der Waals surface area contributed by atoms with E-state index in [1.54, 1.807) is 7.11 Å². The Labute approximate surface area is 108 Å². The van der Waals surface area contributed by atoms with E-state index in [2.05, 4.69) is 30.1 Å². The number of allylic oxidation sites excluding steroid dienone is 2. The van der Waals surface area contributed by atoms with Crippen LogP contribution in [-0.4, -0.2) is 42.6 Å². The molecule has 0 radical (unpaired) electrons. The van der Waals surface area contributed by atoms with E-state index in [0.717, 1.165) is 25.8 Å². The van der Waals surface area contributed by atoms with E-state index >= 15 is 0 Å². The predicted molar refractivity (Wildman–Crippen MR) is 71.0 cm³/mol. The van der Waals surface area contributed by atoms with Crippen molar-refractivity contribution in [1.82, 2.24) is 4.90 Å². The zero-order valence-electron chi connectivity index (χ0n) is 11.1. The molecule has 0 aromatic heterocycles. The fourth-order valence-electron chi connectivity index (χ4n) is 3.01. The highest BCUT2D eigenvalue weighted by Crippen LogP contribution is 2.28. The summed E-state index contributed by atoms with van der Waals surface area (Å²) in [4.78, 5) is 13.7. The summed E-state index contributed by atoms with van der Waals surface area (Å²) in [6.07, 6.45) is 9.23. The van der Waals surface area contributed by atoms with Crippen molar-refractivity contribution in [3.05, 3.63) is 23.8 Å². The zero-order chi connectivity index (χ0) is 13.1. The van der Waals surface area contributed by atoms with Crippen LogP contribution in [0.2, 0.25) is 0 Å². The van der Waals surface area contributed by atoms with Crippen LogP contribution in [0.25, 0.3) is 0 Å². The molecule has 1 fully saturated rings. The van der Waals surface area contributed by atoms with Crippen molar-refractivity contribution in [1.29, 1.82) is 0 Å². The molecule has 18 heavy (non-hydrogen) atoms. The van der Waals surface area contributed by atoms with Gasteiger partial charge in [0.25, 0.3) is 0 Å². The first-order chi connectivity index (χ1) is 8.65. The third-order valence-corrected chi connectivity index (χ3v) is 4.03. The lowest BCUT2D eigenvalue weighted by atomic mass is 9.94. The maximum Gasteiger partial charge on any atom is 0.234 e. The Kier molecular flexibility index (Phi) is 4.19. The lowest BCUT2D eigenvalue weighted by molar-refractivity contribution is -0.122. The molecule has 2 aliphatic rings. The van der Waals surface area contributed by atoms with Gasteiger partial charge >= 0.3 is 0 Å². The fraction of sp³-hybridized carbons (Fsp3) is 0.643. The van der Waals surface area contributed by atoms with E-state index in [1.165, 1.54) is 5.57 Å². The van der Waals surface area contributed by atoms with Crippen LogP contribution in [0.4, 0.5) is 0 Å². The Morgan fingerprint density at radius 3 is 3.06 bits per heavy atom. The number of ether oxygens (including phenoxy) is 1. The molecule has 4 heteroatoms. The van der Waals surface area contributed by atoms with Crippen molar-refractivity contribution in [2.45, 2.75) is 44.4 Å². The molecule has 1 aliphatic heterocycles. The first kappa shape index (κ1) is 13.3. The van der Waals surface area contributed by atoms with Crippen molar-refractivity contribution in [3.63, 3.8) is 0 Å². The normalized spacial score (nSPS) is 30.2. The number of carbonyl (C=O) groups is 1. The van der Waals surface area contributed by atoms with Crippen LogP contribution in [0.3, 0.4) is 0 Å². The lowest BCUT2D eigenvalue weighted by Gasteiger charge is -2.34. The summed E-state index contributed by atoms with van der Waals surface area (Å²) < 4.78 is 5.52. The Morgan fingerprint density at radius 2 is 2.39 bits per heavy atom. The quantitative estimate of drug-likeness (QED) is 0.816. The molecule has 1 heterocycles. The number of carbonyl (C=O) groups excluding carboxylic acids is 1. The third-order valence-electron chi connectivity index (χ3n) is 4.03. The van der Waals surface area contributed by atoms with Crippen molar-refractivity contribution in [2.24, 2.45) is 5.73 Å². The van der Waals surface area contributed by atoms with Crippen LogP contribution >= 0.6 is 0 Å². The maximum atomic E-state index is 11.5. The summed E-state index contributed by atoms with van der Waals surface area (Å²) in [5.41, 5.74) is 6.72. The van der Waals surface area contributed by atoms with Gasteiger partial charge in [0, 0.05) is 13.2 Å². The second-order valence-electron chi connectivity index (χ2n) is 5.03. The summed E-state index contributed by atoms with van der Waals surface area (Å²) in [6.45, 7) is 3.07. The van der Waals surface area contributed by atoms with Crippen molar-refractivity contribution < 1.29 is 9.53 Å². The summed E-state index contributed by atoms with van der Waals surface area (Å²) in [5.74, 6) is -0.208. The molecular weight excluding hydrogens is 228 g/mol. The summed E-state index contributed by atoms with van der Waals surface area (Å²) in [6, 6.07) is 0.0872. The predicted octanol–water partition coefficient (Wildman–Crippen LogP) is 1.23. The van der Waals surface area contributed by atoms with Crippen LogP contribution in [0.5, 0.6) is 0 Å². The van der Waals surface area contributed by atoms with E-state index in [4.69, 9.17) is 10.5 Å². The van der Waals surface area contributed by atoms with Gasteiger partial charge in [0.2, 0.25) is 5.91 Å². The summed E-state index contributed by atoms with van der Waals surface area (Å²) in [7, 11) is 1.74. The number of nitrogens with zero attached hydrogens (tertiary/aromatic N) is 1. The van der Waals surface area contributed by atoms with Gasteiger partial charge in [-0.25, -0.2) is 0 Å². The zero-order valence-corrected chi connectivity index (χ0v) is 11.1. The van der Waals surface area contributed by atoms with Gasteiger partial charge in [-0.3, -0.25) is 9.69 Å². The van der Waals surface area contributed by atoms with Crippen molar-refractivity contribution >= 4 is 5.91 Å². The van der Waals surface area contributed by atoms with Gasteiger partial charge in [0.05, 0.1) is 12.1 Å². The van der Waals surface area contributed by atoms with Gasteiger partial charge in [-0.05, 0) is 38.3 Å². The van der Waals surface area contributed by atoms with Crippen LogP contribution in [0.15, 0.2) is 23.8 Å². The largest absolute Gasteiger partial charge is 0.377 e. The minimum atomic E-state index is -0.208. The molecule has 2 rings (SSSR count). The molecule has 4 nitrogen and oxygen atoms in total. The van der Waals surface area contributed by atoms with Crippen LogP contribution in [0, 0.1) is 0 Å². The molecule has 0 bridgehead atoms. The number of hydrogen-bond acceptors (Lipinski definition) is 3. The maximum absolute atomic E-state index is 11.5. The number of hydrogen-bond donors (Lipinski definition) is 1. The molecule has 1 amide bonds. The second-order valence-corrected chi connectivity index (χ2v) is 5.03. The van der Waals surface area contributed by atoms with Crippen molar-refractivity contribution in [2.75, 3.05) is 13.7 Å². The molecule has 100 valence electrons. The minimum Gasteiger partial charge on any atom is -0.377 e. The van der Waals surface area contributed by atoms with Gasteiger partial charge in [0.1, 0.15) is 0 Å². The highest BCUT2D eigenvalue weighted by atomic mass is 16.5. The molecule has 1 saturated heterocycles. The minimum absolute atomic E-state index is 0.121.